The fourth-order valence-electron chi connectivity index (χ4n) is 2.55. The summed E-state index contributed by atoms with van der Waals surface area (Å²) in [7, 11) is 2.12. The summed E-state index contributed by atoms with van der Waals surface area (Å²) < 4.78 is 27.2. The maximum absolute atomic E-state index is 13.8. The Morgan fingerprint density at radius 2 is 1.95 bits per heavy atom. The highest BCUT2D eigenvalue weighted by Gasteiger charge is 2.23. The van der Waals surface area contributed by atoms with Gasteiger partial charge >= 0.3 is 0 Å². The third-order valence-corrected chi connectivity index (χ3v) is 4.47. The van der Waals surface area contributed by atoms with Gasteiger partial charge < -0.3 is 10.2 Å². The molecule has 0 amide bonds. The minimum absolute atomic E-state index is 0.171. The van der Waals surface area contributed by atoms with Crippen molar-refractivity contribution in [3.63, 3.8) is 0 Å². The van der Waals surface area contributed by atoms with Crippen LogP contribution >= 0.6 is 15.9 Å². The number of hydrogen-bond donors (Lipinski definition) is 1. The van der Waals surface area contributed by atoms with Gasteiger partial charge in [-0.1, -0.05) is 0 Å². The Kier molecular flexibility index (Phi) is 4.79. The van der Waals surface area contributed by atoms with E-state index in [1.165, 1.54) is 6.07 Å². The first-order chi connectivity index (χ1) is 8.97. The molecule has 1 aliphatic rings. The van der Waals surface area contributed by atoms with Gasteiger partial charge in [-0.2, -0.15) is 0 Å². The Bertz CT molecular complexity index is 422. The van der Waals surface area contributed by atoms with Crippen molar-refractivity contribution in [2.75, 3.05) is 25.5 Å². The quantitative estimate of drug-likeness (QED) is 0.903. The van der Waals surface area contributed by atoms with Crippen LogP contribution in [0.3, 0.4) is 0 Å². The number of anilines is 1. The summed E-state index contributed by atoms with van der Waals surface area (Å²) in [4.78, 5) is 2.30. The van der Waals surface area contributed by atoms with E-state index in [4.69, 9.17) is 0 Å². The van der Waals surface area contributed by atoms with Crippen LogP contribution in [0.4, 0.5) is 14.5 Å². The number of rotatable bonds is 3. The third kappa shape index (κ3) is 3.66. The molecule has 1 aliphatic heterocycles. The molecule has 5 heteroatoms. The number of likely N-dealkylation sites (tertiary alicyclic amines) is 1. The second kappa shape index (κ2) is 6.18. The second-order valence-electron chi connectivity index (χ2n) is 5.32. The van der Waals surface area contributed by atoms with Gasteiger partial charge in [0.25, 0.3) is 0 Å². The van der Waals surface area contributed by atoms with Crippen molar-refractivity contribution < 1.29 is 8.78 Å². The van der Waals surface area contributed by atoms with Gasteiger partial charge in [0.1, 0.15) is 11.6 Å². The zero-order valence-electron chi connectivity index (χ0n) is 11.2. The van der Waals surface area contributed by atoms with Crippen molar-refractivity contribution in [2.45, 2.75) is 25.8 Å². The first-order valence-corrected chi connectivity index (χ1v) is 7.36. The average molecular weight is 333 g/mol. The maximum atomic E-state index is 13.8. The van der Waals surface area contributed by atoms with Crippen LogP contribution in [0.25, 0.3) is 0 Å². The summed E-state index contributed by atoms with van der Waals surface area (Å²) in [5.74, 6) is -0.596. The van der Waals surface area contributed by atoms with E-state index in [1.54, 1.807) is 0 Å². The van der Waals surface area contributed by atoms with Gasteiger partial charge in [-0.15, -0.1) is 0 Å². The van der Waals surface area contributed by atoms with Gasteiger partial charge in [0.05, 0.1) is 5.69 Å². The van der Waals surface area contributed by atoms with Gasteiger partial charge in [0.2, 0.25) is 0 Å². The molecular formula is C14H19BrF2N2. The molecule has 19 heavy (non-hydrogen) atoms. The van der Waals surface area contributed by atoms with Crippen molar-refractivity contribution >= 4 is 21.6 Å². The zero-order chi connectivity index (χ0) is 14.0. The predicted octanol–water partition coefficient (Wildman–Crippen LogP) is 3.87. The maximum Gasteiger partial charge on any atom is 0.150 e. The molecule has 1 saturated heterocycles. The lowest BCUT2D eigenvalue weighted by atomic mass is 9.90. The normalized spacial score (nSPS) is 19.4. The Morgan fingerprint density at radius 3 is 2.53 bits per heavy atom. The highest BCUT2D eigenvalue weighted by Crippen LogP contribution is 2.30. The van der Waals surface area contributed by atoms with Crippen molar-refractivity contribution in [1.82, 2.24) is 4.90 Å². The lowest BCUT2D eigenvalue weighted by Crippen LogP contribution is -2.37. The molecule has 0 spiro atoms. The van der Waals surface area contributed by atoms with Crippen LogP contribution in [0.15, 0.2) is 16.6 Å². The molecular weight excluding hydrogens is 314 g/mol. The van der Waals surface area contributed by atoms with Gasteiger partial charge in [0, 0.05) is 16.6 Å². The minimum atomic E-state index is -0.568. The molecule has 1 fully saturated rings. The topological polar surface area (TPSA) is 15.3 Å². The molecule has 0 radical (unpaired) electrons. The molecule has 0 aliphatic carbocycles. The zero-order valence-corrected chi connectivity index (χ0v) is 12.8. The number of halogens is 3. The summed E-state index contributed by atoms with van der Waals surface area (Å²) >= 11 is 3.21. The molecule has 2 rings (SSSR count). The molecule has 2 nitrogen and oxygen atoms in total. The van der Waals surface area contributed by atoms with Crippen LogP contribution in [-0.4, -0.2) is 31.1 Å². The Labute approximate surface area is 121 Å². The van der Waals surface area contributed by atoms with Crippen LogP contribution in [0.2, 0.25) is 0 Å². The lowest BCUT2D eigenvalue weighted by molar-refractivity contribution is 0.208. The molecule has 1 atom stereocenters. The largest absolute Gasteiger partial charge is 0.379 e. The molecule has 0 saturated carbocycles. The van der Waals surface area contributed by atoms with Crippen LogP contribution in [0.5, 0.6) is 0 Å². The fourth-order valence-corrected chi connectivity index (χ4v) is 3.08. The van der Waals surface area contributed by atoms with E-state index in [1.807, 2.05) is 0 Å². The van der Waals surface area contributed by atoms with E-state index in [-0.39, 0.29) is 6.04 Å². The Balaban J connectivity index is 2.04. The molecule has 0 aromatic heterocycles. The predicted molar refractivity (Wildman–Crippen MR) is 77.4 cm³/mol. The SMILES string of the molecule is CC(Nc1c(F)cc(F)cc1Br)C1CCN(C)CC1. The molecule has 106 valence electrons. The Hall–Kier alpha value is -0.680. The standard InChI is InChI=1S/C14H19BrF2N2/c1-9(10-3-5-19(2)6-4-10)18-14-12(15)7-11(16)8-13(14)17/h7-10,18H,3-6H2,1-2H3. The molecule has 1 aromatic carbocycles. The molecule has 1 aromatic rings. The second-order valence-corrected chi connectivity index (χ2v) is 6.17. The number of nitrogens with one attached hydrogen (secondary N) is 1. The number of nitrogens with zero attached hydrogens (tertiary/aromatic N) is 1. The van der Waals surface area contributed by atoms with Crippen LogP contribution < -0.4 is 5.32 Å². The van der Waals surface area contributed by atoms with E-state index in [2.05, 4.69) is 40.1 Å². The molecule has 0 bridgehead atoms. The number of piperidine rings is 1. The van der Waals surface area contributed by atoms with Crippen LogP contribution in [0, 0.1) is 17.6 Å². The van der Waals surface area contributed by atoms with Gasteiger partial charge in [-0.25, -0.2) is 8.78 Å². The summed E-state index contributed by atoms with van der Waals surface area (Å²) in [6.45, 7) is 4.21. The third-order valence-electron chi connectivity index (χ3n) is 3.85. The first-order valence-electron chi connectivity index (χ1n) is 6.57. The highest BCUT2D eigenvalue weighted by molar-refractivity contribution is 9.10. The van der Waals surface area contributed by atoms with Crippen molar-refractivity contribution in [2.24, 2.45) is 5.92 Å². The van der Waals surface area contributed by atoms with Crippen molar-refractivity contribution in [3.05, 3.63) is 28.2 Å². The molecule has 1 N–H and O–H groups in total. The minimum Gasteiger partial charge on any atom is -0.379 e. The van der Waals surface area contributed by atoms with E-state index >= 15 is 0 Å². The van der Waals surface area contributed by atoms with Crippen LogP contribution in [0.1, 0.15) is 19.8 Å². The highest BCUT2D eigenvalue weighted by atomic mass is 79.9. The molecule has 1 unspecified atom stereocenters. The Morgan fingerprint density at radius 1 is 1.32 bits per heavy atom. The van der Waals surface area contributed by atoms with E-state index in [9.17, 15) is 8.78 Å². The van der Waals surface area contributed by atoms with Crippen molar-refractivity contribution in [3.8, 4) is 0 Å². The van der Waals surface area contributed by atoms with Crippen LogP contribution in [-0.2, 0) is 0 Å². The van der Waals surface area contributed by atoms with E-state index in [0.717, 1.165) is 32.0 Å². The van der Waals surface area contributed by atoms with Gasteiger partial charge in [-0.3, -0.25) is 0 Å². The number of hydrogen-bond acceptors (Lipinski definition) is 2. The summed E-state index contributed by atoms with van der Waals surface area (Å²) in [5.41, 5.74) is 0.354. The van der Waals surface area contributed by atoms with E-state index < -0.39 is 11.6 Å². The number of benzene rings is 1. The summed E-state index contributed by atoms with van der Waals surface area (Å²) in [5, 5.41) is 3.18. The average Bonchev–Trinajstić information content (AvgIpc) is 2.34. The summed E-state index contributed by atoms with van der Waals surface area (Å²) in [6, 6.07) is 2.37. The molecule has 1 heterocycles. The van der Waals surface area contributed by atoms with E-state index in [0.29, 0.717) is 16.1 Å². The monoisotopic (exact) mass is 332 g/mol. The fraction of sp³-hybridized carbons (Fsp3) is 0.571. The summed E-state index contributed by atoms with van der Waals surface area (Å²) in [6.07, 6.45) is 2.20. The lowest BCUT2D eigenvalue weighted by Gasteiger charge is -2.33. The first kappa shape index (κ1) is 14.7. The smallest absolute Gasteiger partial charge is 0.150 e. The van der Waals surface area contributed by atoms with Gasteiger partial charge in [-0.05, 0) is 67.8 Å². The van der Waals surface area contributed by atoms with Gasteiger partial charge in [0.15, 0.2) is 0 Å². The van der Waals surface area contributed by atoms with Crippen molar-refractivity contribution in [1.29, 1.82) is 0 Å².